The average molecular weight is 371 g/mol. The molecule has 7 nitrogen and oxygen atoms in total. The molecule has 1 aliphatic heterocycles. The van der Waals surface area contributed by atoms with Crippen LogP contribution in [0.5, 0.6) is 5.75 Å². The molecule has 27 heavy (non-hydrogen) atoms. The van der Waals surface area contributed by atoms with E-state index in [2.05, 4.69) is 5.10 Å². The molecule has 0 atom stereocenters. The van der Waals surface area contributed by atoms with Crippen molar-refractivity contribution in [2.45, 2.75) is 45.7 Å². The molecule has 0 spiro atoms. The highest BCUT2D eigenvalue weighted by molar-refractivity contribution is 5.78. The third kappa shape index (κ3) is 5.09. The zero-order chi connectivity index (χ0) is 19.2. The van der Waals surface area contributed by atoms with Gasteiger partial charge in [-0.2, -0.15) is 5.10 Å². The van der Waals surface area contributed by atoms with Crippen LogP contribution in [0.1, 0.15) is 36.7 Å². The number of carboxylic acids is 1. The van der Waals surface area contributed by atoms with Crippen molar-refractivity contribution >= 4 is 11.9 Å². The van der Waals surface area contributed by atoms with E-state index in [1.54, 1.807) is 0 Å². The van der Waals surface area contributed by atoms with Crippen molar-refractivity contribution in [3.63, 3.8) is 0 Å². The van der Waals surface area contributed by atoms with E-state index in [1.807, 2.05) is 46.8 Å². The van der Waals surface area contributed by atoms with Gasteiger partial charge in [-0.05, 0) is 37.1 Å². The lowest BCUT2D eigenvalue weighted by Crippen LogP contribution is -2.32. The minimum absolute atomic E-state index is 0.0663. The Morgan fingerprint density at radius 3 is 2.70 bits per heavy atom. The highest BCUT2D eigenvalue weighted by atomic mass is 16.5. The molecule has 1 aromatic heterocycles. The lowest BCUT2D eigenvalue weighted by Gasteiger charge is -2.20. The molecule has 0 bridgehead atoms. The van der Waals surface area contributed by atoms with E-state index in [-0.39, 0.29) is 12.3 Å². The average Bonchev–Trinajstić information content (AvgIpc) is 2.92. The van der Waals surface area contributed by atoms with Gasteiger partial charge in [0.1, 0.15) is 5.75 Å². The van der Waals surface area contributed by atoms with E-state index in [0.29, 0.717) is 32.5 Å². The number of ether oxygens (including phenoxy) is 1. The van der Waals surface area contributed by atoms with Crippen molar-refractivity contribution < 1.29 is 19.4 Å². The molecule has 3 rings (SSSR count). The van der Waals surface area contributed by atoms with Crippen LogP contribution in [0.15, 0.2) is 30.3 Å². The van der Waals surface area contributed by atoms with Crippen LogP contribution in [0.4, 0.5) is 0 Å². The van der Waals surface area contributed by atoms with Crippen molar-refractivity contribution in [3.8, 4) is 5.75 Å². The van der Waals surface area contributed by atoms with Crippen molar-refractivity contribution in [3.05, 3.63) is 47.3 Å². The van der Waals surface area contributed by atoms with E-state index in [4.69, 9.17) is 9.84 Å². The molecule has 7 heteroatoms. The first-order valence-corrected chi connectivity index (χ1v) is 9.32. The number of amides is 1. The fourth-order valence-electron chi connectivity index (χ4n) is 3.25. The zero-order valence-electron chi connectivity index (χ0n) is 15.6. The van der Waals surface area contributed by atoms with Crippen LogP contribution in [0.3, 0.4) is 0 Å². The van der Waals surface area contributed by atoms with Crippen LogP contribution in [-0.4, -0.2) is 44.8 Å². The fourth-order valence-corrected chi connectivity index (χ4v) is 3.25. The molecule has 0 saturated heterocycles. The van der Waals surface area contributed by atoms with E-state index >= 15 is 0 Å². The molecule has 2 heterocycles. The second kappa shape index (κ2) is 8.70. The number of carboxylic acid groups (broad SMARTS) is 1. The first-order chi connectivity index (χ1) is 13.0. The minimum Gasteiger partial charge on any atom is -0.494 e. The summed E-state index contributed by atoms with van der Waals surface area (Å²) in [6, 6.07) is 9.55. The molecule has 1 aromatic carbocycles. The van der Waals surface area contributed by atoms with Crippen LogP contribution in [0, 0.1) is 0 Å². The Kier molecular flexibility index (Phi) is 6.11. The van der Waals surface area contributed by atoms with Gasteiger partial charge in [0.15, 0.2) is 0 Å². The van der Waals surface area contributed by atoms with E-state index in [9.17, 15) is 9.59 Å². The second-order valence-corrected chi connectivity index (χ2v) is 6.67. The number of aryl methyl sites for hydroxylation is 2. The summed E-state index contributed by atoms with van der Waals surface area (Å²) in [5.74, 6) is 0.0625. The van der Waals surface area contributed by atoms with Crippen LogP contribution in [-0.2, 0) is 35.5 Å². The maximum atomic E-state index is 12.7. The number of aliphatic carboxylic acids is 1. The number of hydrogen-bond donors (Lipinski definition) is 1. The summed E-state index contributed by atoms with van der Waals surface area (Å²) >= 11 is 0. The molecule has 144 valence electrons. The lowest BCUT2D eigenvalue weighted by atomic mass is 10.1. The summed E-state index contributed by atoms with van der Waals surface area (Å²) in [5, 5.41) is 13.3. The first kappa shape index (κ1) is 18.9. The summed E-state index contributed by atoms with van der Waals surface area (Å²) in [6.07, 6.45) is 1.67. The summed E-state index contributed by atoms with van der Waals surface area (Å²) in [7, 11) is 0. The maximum absolute atomic E-state index is 12.7. The topological polar surface area (TPSA) is 84.7 Å². The van der Waals surface area contributed by atoms with Gasteiger partial charge < -0.3 is 14.7 Å². The number of benzene rings is 1. The Morgan fingerprint density at radius 2 is 2.00 bits per heavy atom. The SMILES string of the molecule is CCOc1ccc(CC(=O)N2CCCn3nc(CCC(=O)O)cc3C2)cc1. The third-order valence-electron chi connectivity index (χ3n) is 4.60. The molecule has 0 aliphatic carbocycles. The molecular formula is C20H25N3O4. The van der Waals surface area contributed by atoms with Crippen molar-refractivity contribution in [1.29, 1.82) is 0 Å². The fraction of sp³-hybridized carbons (Fsp3) is 0.450. The van der Waals surface area contributed by atoms with Gasteiger partial charge in [-0.1, -0.05) is 12.1 Å². The van der Waals surface area contributed by atoms with E-state index < -0.39 is 5.97 Å². The number of carbonyl (C=O) groups is 2. The molecule has 0 unspecified atom stereocenters. The Hall–Kier alpha value is -2.83. The highest BCUT2D eigenvalue weighted by Crippen LogP contribution is 2.17. The van der Waals surface area contributed by atoms with E-state index in [1.165, 1.54) is 0 Å². The molecule has 0 saturated carbocycles. The predicted octanol–water partition coefficient (Wildman–Crippen LogP) is 2.27. The molecule has 2 aromatic rings. The van der Waals surface area contributed by atoms with Gasteiger partial charge in [0.2, 0.25) is 5.91 Å². The number of hydrogen-bond acceptors (Lipinski definition) is 4. The zero-order valence-corrected chi connectivity index (χ0v) is 15.6. The smallest absolute Gasteiger partial charge is 0.303 e. The number of nitrogens with zero attached hydrogens (tertiary/aromatic N) is 3. The van der Waals surface area contributed by atoms with Gasteiger partial charge in [0.25, 0.3) is 0 Å². The summed E-state index contributed by atoms with van der Waals surface area (Å²) in [4.78, 5) is 25.4. The van der Waals surface area contributed by atoms with Crippen LogP contribution >= 0.6 is 0 Å². The molecule has 1 N–H and O–H groups in total. The summed E-state index contributed by atoms with van der Waals surface area (Å²) in [5.41, 5.74) is 2.70. The molecule has 0 radical (unpaired) electrons. The summed E-state index contributed by atoms with van der Waals surface area (Å²) in [6.45, 7) is 4.51. The standard InChI is InChI=1S/C20H25N3O4/c1-2-27-18-7-4-15(5-8-18)12-19(24)22-10-3-11-23-17(14-22)13-16(21-23)6-9-20(25)26/h4-5,7-8,13H,2-3,6,9-12,14H2,1H3,(H,25,26). The Bertz CT molecular complexity index is 798. The lowest BCUT2D eigenvalue weighted by molar-refractivity contribution is -0.137. The normalized spacial score (nSPS) is 13.7. The number of fused-ring (bicyclic) bond motifs is 1. The van der Waals surface area contributed by atoms with Crippen molar-refractivity contribution in [2.24, 2.45) is 0 Å². The van der Waals surface area contributed by atoms with Gasteiger partial charge in [0, 0.05) is 19.5 Å². The van der Waals surface area contributed by atoms with Gasteiger partial charge >= 0.3 is 5.97 Å². The highest BCUT2D eigenvalue weighted by Gasteiger charge is 2.21. The Balaban J connectivity index is 1.63. The van der Waals surface area contributed by atoms with Gasteiger partial charge in [-0.25, -0.2) is 0 Å². The van der Waals surface area contributed by atoms with Crippen LogP contribution < -0.4 is 4.74 Å². The van der Waals surface area contributed by atoms with Crippen molar-refractivity contribution in [2.75, 3.05) is 13.2 Å². The molecule has 1 amide bonds. The Morgan fingerprint density at radius 1 is 1.22 bits per heavy atom. The number of aromatic nitrogens is 2. The van der Waals surface area contributed by atoms with Gasteiger partial charge in [-0.3, -0.25) is 14.3 Å². The largest absolute Gasteiger partial charge is 0.494 e. The molecule has 0 fully saturated rings. The maximum Gasteiger partial charge on any atom is 0.303 e. The number of rotatable bonds is 7. The minimum atomic E-state index is -0.828. The Labute approximate surface area is 158 Å². The number of carbonyl (C=O) groups excluding carboxylic acids is 1. The van der Waals surface area contributed by atoms with Crippen LogP contribution in [0.2, 0.25) is 0 Å². The van der Waals surface area contributed by atoms with Crippen LogP contribution in [0.25, 0.3) is 0 Å². The molecule has 1 aliphatic rings. The monoisotopic (exact) mass is 371 g/mol. The predicted molar refractivity (Wildman–Crippen MR) is 99.5 cm³/mol. The quantitative estimate of drug-likeness (QED) is 0.807. The first-order valence-electron chi connectivity index (χ1n) is 9.32. The molecular weight excluding hydrogens is 346 g/mol. The summed E-state index contributed by atoms with van der Waals surface area (Å²) < 4.78 is 7.34. The second-order valence-electron chi connectivity index (χ2n) is 6.67. The van der Waals surface area contributed by atoms with E-state index in [0.717, 1.165) is 35.7 Å². The van der Waals surface area contributed by atoms with Gasteiger partial charge in [-0.15, -0.1) is 0 Å². The van der Waals surface area contributed by atoms with Crippen molar-refractivity contribution in [1.82, 2.24) is 14.7 Å². The third-order valence-corrected chi connectivity index (χ3v) is 4.60. The van der Waals surface area contributed by atoms with Gasteiger partial charge in [0.05, 0.1) is 37.4 Å².